The summed E-state index contributed by atoms with van der Waals surface area (Å²) in [5, 5.41) is 7.63. The third-order valence-electron chi connectivity index (χ3n) is 14.7. The van der Waals surface area contributed by atoms with Crippen LogP contribution in [0.3, 0.4) is 0 Å². The van der Waals surface area contributed by atoms with Gasteiger partial charge in [0.15, 0.2) is 5.82 Å². The van der Waals surface area contributed by atoms with Crippen LogP contribution in [0.5, 0.6) is 11.5 Å². The SMILES string of the molecule is COc1cn2ccnc2cc1-c1ccc(N(C)c2nn(C3CCC(CN4CCN(c5cc6c(c(OC)c5)C(=O)N(C5CCC(=O)NC5=O)C6)CC4)CC3)c3c2CN(C(C)=O)CC3)cc1C(F)F.[HH]. The lowest BCUT2D eigenvalue weighted by Crippen LogP contribution is -2.52. The second kappa shape index (κ2) is 17.9. The molecule has 18 heteroatoms. The Morgan fingerprint density at radius 1 is 0.925 bits per heavy atom. The van der Waals surface area contributed by atoms with Crippen LogP contribution in [0.25, 0.3) is 16.8 Å². The van der Waals surface area contributed by atoms with Crippen LogP contribution in [-0.4, -0.2) is 124 Å². The number of hydrogen-bond acceptors (Lipinski definition) is 11. The number of aromatic nitrogens is 4. The highest BCUT2D eigenvalue weighted by Gasteiger charge is 2.41. The number of benzene rings is 2. The molecule has 0 bridgehead atoms. The molecule has 67 heavy (non-hydrogen) atoms. The molecule has 0 radical (unpaired) electrons. The number of carbonyl (C=O) groups excluding carboxylic acids is 4. The van der Waals surface area contributed by atoms with E-state index in [-0.39, 0.29) is 37.2 Å². The summed E-state index contributed by atoms with van der Waals surface area (Å²) < 4.78 is 45.2. The van der Waals surface area contributed by atoms with Gasteiger partial charge in [-0.05, 0) is 73.4 Å². The van der Waals surface area contributed by atoms with Crippen LogP contribution in [0.2, 0.25) is 0 Å². The highest BCUT2D eigenvalue weighted by atomic mass is 19.3. The zero-order valence-electron chi connectivity index (χ0n) is 38.3. The number of pyridine rings is 1. The second-order valence-corrected chi connectivity index (χ2v) is 18.5. The van der Waals surface area contributed by atoms with Crippen molar-refractivity contribution < 1.29 is 38.9 Å². The molecule has 3 aromatic heterocycles. The van der Waals surface area contributed by atoms with E-state index in [1.54, 1.807) is 54.1 Å². The molecule has 7 heterocycles. The summed E-state index contributed by atoms with van der Waals surface area (Å²) in [6.45, 7) is 7.34. The van der Waals surface area contributed by atoms with Gasteiger partial charge in [-0.25, -0.2) is 13.8 Å². The molecule has 1 aliphatic carbocycles. The number of methoxy groups -OCH3 is 2. The van der Waals surface area contributed by atoms with Crippen molar-refractivity contribution in [2.45, 2.75) is 83.5 Å². The largest absolute Gasteiger partial charge is 0.496 e. The maximum absolute atomic E-state index is 14.9. The summed E-state index contributed by atoms with van der Waals surface area (Å²) in [5.74, 6) is 1.16. The van der Waals surface area contributed by atoms with Gasteiger partial charge in [0.05, 0.1) is 38.6 Å². The number of rotatable bonds is 11. The number of ether oxygens (including phenoxy) is 2. The van der Waals surface area contributed by atoms with E-state index in [0.29, 0.717) is 83.7 Å². The van der Waals surface area contributed by atoms with E-state index in [2.05, 4.69) is 24.8 Å². The van der Waals surface area contributed by atoms with Gasteiger partial charge in [-0.15, -0.1) is 0 Å². The van der Waals surface area contributed by atoms with Gasteiger partial charge < -0.3 is 33.5 Å². The summed E-state index contributed by atoms with van der Waals surface area (Å²) in [7, 11) is 4.94. The molecule has 10 rings (SSSR count). The number of imide groups is 1. The van der Waals surface area contributed by atoms with Gasteiger partial charge in [-0.1, -0.05) is 6.07 Å². The molecular weight excluding hydrogens is 863 g/mol. The quantitative estimate of drug-likeness (QED) is 0.147. The van der Waals surface area contributed by atoms with Gasteiger partial charge in [-0.3, -0.25) is 34.1 Å². The zero-order chi connectivity index (χ0) is 46.7. The number of anilines is 3. The van der Waals surface area contributed by atoms with Gasteiger partial charge >= 0.3 is 0 Å². The molecule has 0 spiro atoms. The lowest BCUT2D eigenvalue weighted by Gasteiger charge is -2.39. The highest BCUT2D eigenvalue weighted by molar-refractivity contribution is 6.07. The summed E-state index contributed by atoms with van der Waals surface area (Å²) in [5.41, 5.74) is 6.32. The molecule has 3 fully saturated rings. The molecule has 16 nitrogen and oxygen atoms in total. The monoisotopic (exact) mass is 920 g/mol. The number of amides is 4. The molecule has 1 N–H and O–H groups in total. The average Bonchev–Trinajstić information content (AvgIpc) is 4.06. The molecule has 1 saturated carbocycles. The van der Waals surface area contributed by atoms with Gasteiger partial charge in [0.1, 0.15) is 23.2 Å². The first-order valence-corrected chi connectivity index (χ1v) is 23.2. The van der Waals surface area contributed by atoms with Crippen molar-refractivity contribution in [2.24, 2.45) is 5.92 Å². The van der Waals surface area contributed by atoms with Crippen LogP contribution in [0, 0.1) is 5.92 Å². The molecule has 5 aromatic rings. The standard InChI is InChI=1S/C49H56F2N10O6.H2/c1-29(62)58-15-13-39-38(27-58)47(55(2)33-9-10-35(37(22-33)46(50)51)36-24-43-52-14-16-59(43)28-42(36)67-4)54-61(39)32-7-5-30(6-8-32)25-56-17-19-57(20-18-56)34-21-31-26-60(40-11-12-44(63)53-48(40)64)49(65)45(31)41(23-34)66-3;/h9-10,14,16,21-24,28,30,32,40,46H,5-8,11-13,15,17-20,25-27H2,1-4H3,(H,53,63,64);1H. The fraction of sp³-hybridized carbons (Fsp3) is 0.469. The van der Waals surface area contributed by atoms with E-state index in [4.69, 9.17) is 14.6 Å². The minimum atomic E-state index is -2.76. The van der Waals surface area contributed by atoms with Crippen LogP contribution < -0.4 is 24.6 Å². The van der Waals surface area contributed by atoms with Crippen LogP contribution in [0.15, 0.2) is 55.0 Å². The Balaban J connectivity index is 0.00000578. The molecule has 4 amide bonds. The number of nitrogens with one attached hydrogen (secondary N) is 1. The number of fused-ring (bicyclic) bond motifs is 3. The number of imidazole rings is 1. The fourth-order valence-corrected chi connectivity index (χ4v) is 11.0. The lowest BCUT2D eigenvalue weighted by atomic mass is 9.85. The van der Waals surface area contributed by atoms with Crippen LogP contribution in [0.4, 0.5) is 26.0 Å². The van der Waals surface area contributed by atoms with Crippen molar-refractivity contribution in [3.63, 3.8) is 0 Å². The van der Waals surface area contributed by atoms with Gasteiger partial charge in [-0.2, -0.15) is 5.10 Å². The maximum Gasteiger partial charge on any atom is 0.264 e. The van der Waals surface area contributed by atoms with Crippen LogP contribution in [-0.2, 0) is 33.9 Å². The zero-order valence-corrected chi connectivity index (χ0v) is 38.3. The number of piperazine rings is 1. The van der Waals surface area contributed by atoms with Crippen LogP contribution >= 0.6 is 0 Å². The molecule has 2 saturated heterocycles. The Hall–Kier alpha value is -6.56. The number of piperidine rings is 1. The van der Waals surface area contributed by atoms with E-state index in [9.17, 15) is 28.0 Å². The highest BCUT2D eigenvalue weighted by Crippen LogP contribution is 2.43. The van der Waals surface area contributed by atoms with Gasteiger partial charge in [0.25, 0.3) is 12.3 Å². The Morgan fingerprint density at radius 3 is 2.42 bits per heavy atom. The topological polar surface area (TPSA) is 150 Å². The number of carbonyl (C=O) groups is 4. The van der Waals surface area contributed by atoms with Crippen molar-refractivity contribution in [3.05, 3.63) is 82.9 Å². The number of alkyl halides is 2. The molecule has 1 atom stereocenters. The number of hydrogen-bond donors (Lipinski definition) is 1. The fourth-order valence-electron chi connectivity index (χ4n) is 11.0. The Morgan fingerprint density at radius 2 is 1.70 bits per heavy atom. The number of nitrogens with zero attached hydrogens (tertiary/aromatic N) is 9. The molecule has 5 aliphatic rings. The normalized spacial score (nSPS) is 21.2. The molecule has 4 aliphatic heterocycles. The lowest BCUT2D eigenvalue weighted by molar-refractivity contribution is -0.137. The van der Waals surface area contributed by atoms with Crippen molar-refractivity contribution in [1.82, 2.24) is 39.2 Å². The van der Waals surface area contributed by atoms with Crippen molar-refractivity contribution in [2.75, 3.05) is 70.3 Å². The molecule has 2 aromatic carbocycles. The first-order valence-electron chi connectivity index (χ1n) is 23.2. The Kier molecular flexibility index (Phi) is 11.8. The van der Waals surface area contributed by atoms with E-state index < -0.39 is 18.4 Å². The van der Waals surface area contributed by atoms with E-state index in [1.165, 1.54) is 13.2 Å². The summed E-state index contributed by atoms with van der Waals surface area (Å²) in [6.07, 6.45) is 7.63. The van der Waals surface area contributed by atoms with Crippen molar-refractivity contribution in [3.8, 4) is 22.6 Å². The predicted molar refractivity (Wildman–Crippen MR) is 248 cm³/mol. The van der Waals surface area contributed by atoms with Crippen molar-refractivity contribution in [1.29, 1.82) is 0 Å². The minimum Gasteiger partial charge on any atom is -0.496 e. The average molecular weight is 921 g/mol. The van der Waals surface area contributed by atoms with E-state index in [0.717, 1.165) is 80.9 Å². The van der Waals surface area contributed by atoms with Gasteiger partial charge in [0, 0.05) is 126 Å². The Bertz CT molecular complexity index is 2760. The summed E-state index contributed by atoms with van der Waals surface area (Å²) in [6, 6.07) is 10.3. The summed E-state index contributed by atoms with van der Waals surface area (Å²) >= 11 is 0. The molecule has 1 unspecified atom stereocenters. The molecular formula is C49H58F2N10O6. The smallest absolute Gasteiger partial charge is 0.264 e. The maximum atomic E-state index is 14.9. The summed E-state index contributed by atoms with van der Waals surface area (Å²) in [4.78, 5) is 65.1. The molecule has 354 valence electrons. The first-order chi connectivity index (χ1) is 32.4. The van der Waals surface area contributed by atoms with Crippen LogP contribution in [0.1, 0.15) is 92.1 Å². The predicted octanol–water partition coefficient (Wildman–Crippen LogP) is 6.39. The third kappa shape index (κ3) is 8.22. The second-order valence-electron chi connectivity index (χ2n) is 18.5. The minimum absolute atomic E-state index is 0. The Labute approximate surface area is 388 Å². The van der Waals surface area contributed by atoms with Gasteiger partial charge in [0.2, 0.25) is 17.7 Å². The van der Waals surface area contributed by atoms with E-state index >= 15 is 0 Å². The first kappa shape index (κ1) is 44.3. The number of halogens is 2. The van der Waals surface area contributed by atoms with Crippen molar-refractivity contribution >= 4 is 46.5 Å². The van der Waals surface area contributed by atoms with E-state index in [1.807, 2.05) is 35.0 Å². The third-order valence-corrected chi connectivity index (χ3v) is 14.7.